The van der Waals surface area contributed by atoms with E-state index in [-0.39, 0.29) is 5.91 Å². The lowest BCUT2D eigenvalue weighted by atomic mass is 9.91. The Kier molecular flexibility index (Phi) is 6.81. The van der Waals surface area contributed by atoms with Gasteiger partial charge in [-0.15, -0.1) is 0 Å². The minimum atomic E-state index is -0.703. The van der Waals surface area contributed by atoms with Crippen LogP contribution in [0.1, 0.15) is 45.1 Å². The average molecular weight is 332 g/mol. The number of amides is 1. The predicted octanol–water partition coefficient (Wildman–Crippen LogP) is 2.87. The fourth-order valence-corrected chi connectivity index (χ4v) is 3.71. The second kappa shape index (κ2) is 8.63. The molecule has 4 nitrogen and oxygen atoms in total. The molecule has 4 heteroatoms. The normalized spacial score (nSPS) is 18.6. The molecular weight excluding hydrogens is 298 g/mol. The monoisotopic (exact) mass is 331 g/mol. The molecule has 1 saturated heterocycles. The van der Waals surface area contributed by atoms with Gasteiger partial charge < -0.3 is 15.5 Å². The Morgan fingerprint density at radius 3 is 2.50 bits per heavy atom. The van der Waals surface area contributed by atoms with Crippen LogP contribution in [0, 0.1) is 5.92 Å². The van der Waals surface area contributed by atoms with E-state index in [0.29, 0.717) is 5.92 Å². The van der Waals surface area contributed by atoms with Crippen LogP contribution in [-0.2, 0) is 11.3 Å². The molecule has 0 radical (unpaired) electrons. The maximum Gasteiger partial charge on any atom is 0.242 e. The van der Waals surface area contributed by atoms with Gasteiger partial charge in [0.25, 0.3) is 0 Å². The minimum Gasteiger partial charge on any atom is -0.341 e. The lowest BCUT2D eigenvalue weighted by Gasteiger charge is -2.37. The highest BCUT2D eigenvalue weighted by Crippen LogP contribution is 2.22. The van der Waals surface area contributed by atoms with Gasteiger partial charge in [-0.05, 0) is 44.7 Å². The molecule has 1 aliphatic rings. The topological polar surface area (TPSA) is 49.6 Å². The van der Waals surface area contributed by atoms with Crippen molar-refractivity contribution < 1.29 is 4.79 Å². The van der Waals surface area contributed by atoms with Crippen LogP contribution in [0.4, 0.5) is 0 Å². The second-order valence-corrected chi connectivity index (χ2v) is 7.59. The Morgan fingerprint density at radius 2 is 1.92 bits per heavy atom. The molecule has 1 aliphatic heterocycles. The molecular formula is C20H33N3O. The van der Waals surface area contributed by atoms with Gasteiger partial charge in [0.2, 0.25) is 5.91 Å². The number of piperidine rings is 1. The molecule has 134 valence electrons. The van der Waals surface area contributed by atoms with Crippen LogP contribution in [0.25, 0.3) is 0 Å². The van der Waals surface area contributed by atoms with Crippen molar-refractivity contribution in [1.82, 2.24) is 9.80 Å². The highest BCUT2D eigenvalue weighted by atomic mass is 16.2. The summed E-state index contributed by atoms with van der Waals surface area (Å²) < 4.78 is 0. The molecule has 0 aromatic heterocycles. The van der Waals surface area contributed by atoms with Crippen LogP contribution in [0.15, 0.2) is 30.3 Å². The van der Waals surface area contributed by atoms with Crippen LogP contribution >= 0.6 is 0 Å². The Bertz CT molecular complexity index is 507. The van der Waals surface area contributed by atoms with E-state index in [2.05, 4.69) is 49.2 Å². The first-order valence-corrected chi connectivity index (χ1v) is 9.23. The Balaban J connectivity index is 1.77. The standard InChI is InChI=1S/C20H33N3O/c1-4-12-20(2,21)19(24)23-13-10-18(11-14-23)16-22(3)15-17-8-6-5-7-9-17/h5-9,18H,4,10-16,21H2,1-3H3. The van der Waals surface area contributed by atoms with E-state index in [9.17, 15) is 4.79 Å². The molecule has 0 bridgehead atoms. The summed E-state index contributed by atoms with van der Waals surface area (Å²) in [5.41, 5.74) is 6.85. The maximum absolute atomic E-state index is 12.6. The zero-order chi connectivity index (χ0) is 17.6. The van der Waals surface area contributed by atoms with Crippen LogP contribution in [0.3, 0.4) is 0 Å². The Morgan fingerprint density at radius 1 is 1.29 bits per heavy atom. The third kappa shape index (κ3) is 5.32. The summed E-state index contributed by atoms with van der Waals surface area (Å²) >= 11 is 0. The minimum absolute atomic E-state index is 0.125. The van der Waals surface area contributed by atoms with Crippen LogP contribution < -0.4 is 5.73 Å². The number of rotatable bonds is 7. The first kappa shape index (κ1) is 18.9. The number of carbonyl (C=O) groups excluding carboxylic acids is 1. The van der Waals surface area contributed by atoms with Crippen molar-refractivity contribution in [2.75, 3.05) is 26.7 Å². The van der Waals surface area contributed by atoms with Gasteiger partial charge in [0.15, 0.2) is 0 Å². The summed E-state index contributed by atoms with van der Waals surface area (Å²) in [4.78, 5) is 16.9. The first-order valence-electron chi connectivity index (χ1n) is 9.23. The fraction of sp³-hybridized carbons (Fsp3) is 0.650. The summed E-state index contributed by atoms with van der Waals surface area (Å²) in [7, 11) is 2.18. The molecule has 1 unspecified atom stereocenters. The molecule has 1 aromatic carbocycles. The average Bonchev–Trinajstić information content (AvgIpc) is 2.55. The molecule has 2 N–H and O–H groups in total. The largest absolute Gasteiger partial charge is 0.341 e. The highest BCUT2D eigenvalue weighted by Gasteiger charge is 2.33. The number of benzene rings is 1. The highest BCUT2D eigenvalue weighted by molar-refractivity contribution is 5.85. The number of likely N-dealkylation sites (tertiary alicyclic amines) is 1. The SMILES string of the molecule is CCCC(C)(N)C(=O)N1CCC(CN(C)Cc2ccccc2)CC1. The van der Waals surface area contributed by atoms with E-state index in [1.54, 1.807) is 0 Å². The summed E-state index contributed by atoms with van der Waals surface area (Å²) in [6.45, 7) is 7.72. The van der Waals surface area contributed by atoms with E-state index in [0.717, 1.165) is 51.9 Å². The Hall–Kier alpha value is -1.39. The van der Waals surface area contributed by atoms with Gasteiger partial charge in [0.1, 0.15) is 0 Å². The van der Waals surface area contributed by atoms with Crippen molar-refractivity contribution in [2.24, 2.45) is 11.7 Å². The third-order valence-corrected chi connectivity index (χ3v) is 5.02. The van der Waals surface area contributed by atoms with Gasteiger partial charge in [-0.25, -0.2) is 0 Å². The zero-order valence-electron chi connectivity index (χ0n) is 15.5. The quantitative estimate of drug-likeness (QED) is 0.836. The van der Waals surface area contributed by atoms with Crippen molar-refractivity contribution in [3.05, 3.63) is 35.9 Å². The third-order valence-electron chi connectivity index (χ3n) is 5.02. The number of carbonyl (C=O) groups is 1. The summed E-state index contributed by atoms with van der Waals surface area (Å²) in [5.74, 6) is 0.790. The van der Waals surface area contributed by atoms with E-state index in [1.165, 1.54) is 5.56 Å². The summed E-state index contributed by atoms with van der Waals surface area (Å²) in [5, 5.41) is 0. The number of hydrogen-bond donors (Lipinski definition) is 1. The molecule has 0 saturated carbocycles. The van der Waals surface area contributed by atoms with E-state index >= 15 is 0 Å². The zero-order valence-corrected chi connectivity index (χ0v) is 15.5. The van der Waals surface area contributed by atoms with Crippen molar-refractivity contribution in [2.45, 2.75) is 51.6 Å². The molecule has 1 amide bonds. The lowest BCUT2D eigenvalue weighted by molar-refractivity contribution is -0.138. The molecule has 24 heavy (non-hydrogen) atoms. The van der Waals surface area contributed by atoms with Crippen molar-refractivity contribution in [3.8, 4) is 0 Å². The number of hydrogen-bond acceptors (Lipinski definition) is 3. The number of nitrogens with two attached hydrogens (primary N) is 1. The van der Waals surface area contributed by atoms with E-state index < -0.39 is 5.54 Å². The van der Waals surface area contributed by atoms with E-state index in [1.807, 2.05) is 11.8 Å². The summed E-state index contributed by atoms with van der Waals surface area (Å²) in [6, 6.07) is 10.6. The Labute approximate surface area is 147 Å². The lowest BCUT2D eigenvalue weighted by Crippen LogP contribution is -2.55. The van der Waals surface area contributed by atoms with Gasteiger partial charge in [0.05, 0.1) is 5.54 Å². The van der Waals surface area contributed by atoms with Gasteiger partial charge in [-0.2, -0.15) is 0 Å². The molecule has 2 rings (SSSR count). The van der Waals surface area contributed by atoms with Gasteiger partial charge in [-0.3, -0.25) is 4.79 Å². The van der Waals surface area contributed by atoms with Crippen molar-refractivity contribution in [3.63, 3.8) is 0 Å². The molecule has 1 aromatic rings. The van der Waals surface area contributed by atoms with Gasteiger partial charge >= 0.3 is 0 Å². The molecule has 1 fully saturated rings. The van der Waals surface area contributed by atoms with Gasteiger partial charge in [-0.1, -0.05) is 43.7 Å². The second-order valence-electron chi connectivity index (χ2n) is 7.59. The van der Waals surface area contributed by atoms with Crippen LogP contribution in [0.2, 0.25) is 0 Å². The van der Waals surface area contributed by atoms with Crippen LogP contribution in [-0.4, -0.2) is 47.9 Å². The van der Waals surface area contributed by atoms with Crippen LogP contribution in [0.5, 0.6) is 0 Å². The summed E-state index contributed by atoms with van der Waals surface area (Å²) in [6.07, 6.45) is 3.85. The maximum atomic E-state index is 12.6. The molecule has 1 atom stereocenters. The smallest absolute Gasteiger partial charge is 0.242 e. The fourth-order valence-electron chi connectivity index (χ4n) is 3.71. The first-order chi connectivity index (χ1) is 11.4. The van der Waals surface area contributed by atoms with Crippen molar-refractivity contribution in [1.29, 1.82) is 0 Å². The molecule has 0 aliphatic carbocycles. The van der Waals surface area contributed by atoms with Crippen molar-refractivity contribution >= 4 is 5.91 Å². The van der Waals surface area contributed by atoms with E-state index in [4.69, 9.17) is 5.73 Å². The predicted molar refractivity (Wildman–Crippen MR) is 99.6 cm³/mol. The molecule has 0 spiro atoms. The molecule has 1 heterocycles. The number of nitrogens with zero attached hydrogens (tertiary/aromatic N) is 2. The van der Waals surface area contributed by atoms with Gasteiger partial charge in [0, 0.05) is 26.2 Å².